The fraction of sp³-hybridized carbons (Fsp3) is 0.647. The van der Waals surface area contributed by atoms with Gasteiger partial charge in [-0.05, 0) is 25.3 Å². The van der Waals surface area contributed by atoms with Crippen molar-refractivity contribution in [2.45, 2.75) is 45.2 Å². The molecular formula is C17H26N4O. The highest BCUT2D eigenvalue weighted by Crippen LogP contribution is 2.24. The molecule has 120 valence electrons. The van der Waals surface area contributed by atoms with Crippen LogP contribution in [0.4, 0.5) is 5.82 Å². The molecule has 0 spiro atoms. The van der Waals surface area contributed by atoms with Crippen molar-refractivity contribution in [1.82, 2.24) is 15.2 Å². The zero-order valence-electron chi connectivity index (χ0n) is 13.4. The van der Waals surface area contributed by atoms with Crippen LogP contribution in [0, 0.1) is 0 Å². The third kappa shape index (κ3) is 3.40. The first kappa shape index (κ1) is 15.3. The average molecular weight is 302 g/mol. The molecule has 5 heteroatoms. The lowest BCUT2D eigenvalue weighted by Crippen LogP contribution is -2.29. The van der Waals surface area contributed by atoms with Crippen LogP contribution in [-0.2, 0) is 4.79 Å². The van der Waals surface area contributed by atoms with Crippen LogP contribution in [0.25, 0.3) is 0 Å². The molecular weight excluding hydrogens is 276 g/mol. The van der Waals surface area contributed by atoms with Crippen molar-refractivity contribution in [1.29, 1.82) is 0 Å². The minimum atomic E-state index is -0.00974. The van der Waals surface area contributed by atoms with Gasteiger partial charge in [0.25, 0.3) is 0 Å². The van der Waals surface area contributed by atoms with Crippen LogP contribution in [0.3, 0.4) is 0 Å². The summed E-state index contributed by atoms with van der Waals surface area (Å²) in [6.07, 6.45) is 7.98. The van der Waals surface area contributed by atoms with E-state index in [4.69, 9.17) is 0 Å². The maximum absolute atomic E-state index is 11.8. The van der Waals surface area contributed by atoms with E-state index >= 15 is 0 Å². The van der Waals surface area contributed by atoms with Crippen LogP contribution in [0.2, 0.25) is 0 Å². The van der Waals surface area contributed by atoms with Gasteiger partial charge in [-0.15, -0.1) is 0 Å². The van der Waals surface area contributed by atoms with Crippen molar-refractivity contribution in [2.75, 3.05) is 31.1 Å². The number of hydrogen-bond acceptors (Lipinski definition) is 4. The predicted molar refractivity (Wildman–Crippen MR) is 87.7 cm³/mol. The number of amides is 1. The first-order valence-electron chi connectivity index (χ1n) is 8.52. The Balaban J connectivity index is 1.66. The number of nitrogens with zero attached hydrogens (tertiary/aromatic N) is 3. The molecule has 2 fully saturated rings. The minimum absolute atomic E-state index is 0.00974. The molecule has 0 bridgehead atoms. The minimum Gasteiger partial charge on any atom is -0.357 e. The Bertz CT molecular complexity index is 496. The van der Waals surface area contributed by atoms with Gasteiger partial charge in [0.2, 0.25) is 5.91 Å². The van der Waals surface area contributed by atoms with E-state index in [-0.39, 0.29) is 12.1 Å². The SMILES string of the molecule is CCCCCN1CC(=O)NC1c1ccc(N2CCCC2)nc1. The Hall–Kier alpha value is -1.62. The van der Waals surface area contributed by atoms with Gasteiger partial charge in [-0.1, -0.05) is 25.8 Å². The van der Waals surface area contributed by atoms with Crippen LogP contribution in [0.15, 0.2) is 18.3 Å². The molecule has 1 aromatic heterocycles. The monoisotopic (exact) mass is 302 g/mol. The van der Waals surface area contributed by atoms with Crippen LogP contribution < -0.4 is 10.2 Å². The quantitative estimate of drug-likeness (QED) is 0.819. The van der Waals surface area contributed by atoms with Gasteiger partial charge in [-0.2, -0.15) is 0 Å². The lowest BCUT2D eigenvalue weighted by Gasteiger charge is -2.24. The van der Waals surface area contributed by atoms with Gasteiger partial charge in [-0.25, -0.2) is 4.98 Å². The second-order valence-corrected chi connectivity index (χ2v) is 6.29. The summed E-state index contributed by atoms with van der Waals surface area (Å²) in [6.45, 7) is 5.88. The maximum atomic E-state index is 11.8. The molecule has 2 saturated heterocycles. The lowest BCUT2D eigenvalue weighted by molar-refractivity contribution is -0.118. The topological polar surface area (TPSA) is 48.5 Å². The summed E-state index contributed by atoms with van der Waals surface area (Å²) in [6, 6.07) is 4.21. The molecule has 3 heterocycles. The van der Waals surface area contributed by atoms with Gasteiger partial charge in [-0.3, -0.25) is 9.69 Å². The molecule has 1 aromatic rings. The van der Waals surface area contributed by atoms with Gasteiger partial charge < -0.3 is 10.2 Å². The van der Waals surface area contributed by atoms with Gasteiger partial charge in [0, 0.05) is 31.4 Å². The van der Waals surface area contributed by atoms with Crippen molar-refractivity contribution in [3.63, 3.8) is 0 Å². The van der Waals surface area contributed by atoms with E-state index in [9.17, 15) is 4.79 Å². The van der Waals surface area contributed by atoms with Gasteiger partial charge in [0.1, 0.15) is 12.0 Å². The zero-order valence-corrected chi connectivity index (χ0v) is 13.4. The third-order valence-electron chi connectivity index (χ3n) is 4.57. The second kappa shape index (κ2) is 7.09. The van der Waals surface area contributed by atoms with E-state index in [1.807, 2.05) is 6.20 Å². The molecule has 0 aliphatic carbocycles. The molecule has 2 aliphatic heterocycles. The van der Waals surface area contributed by atoms with Crippen molar-refractivity contribution < 1.29 is 4.79 Å². The van der Waals surface area contributed by atoms with Gasteiger partial charge >= 0.3 is 0 Å². The van der Waals surface area contributed by atoms with Crippen LogP contribution in [-0.4, -0.2) is 42.0 Å². The third-order valence-corrected chi connectivity index (χ3v) is 4.57. The Morgan fingerprint density at radius 2 is 2.09 bits per heavy atom. The van der Waals surface area contributed by atoms with E-state index < -0.39 is 0 Å². The lowest BCUT2D eigenvalue weighted by atomic mass is 10.2. The number of carbonyl (C=O) groups excluding carboxylic acids is 1. The molecule has 3 rings (SSSR count). The standard InChI is InChI=1S/C17H26N4O/c1-2-3-4-11-21-13-16(22)19-17(21)14-7-8-15(18-12-14)20-9-5-6-10-20/h7-8,12,17H,2-6,9-11,13H2,1H3,(H,19,22). The summed E-state index contributed by atoms with van der Waals surface area (Å²) in [5.74, 6) is 1.17. The molecule has 1 N–H and O–H groups in total. The fourth-order valence-corrected chi connectivity index (χ4v) is 3.32. The van der Waals surface area contributed by atoms with Crippen LogP contribution in [0.1, 0.15) is 50.8 Å². The normalized spacial score (nSPS) is 22.3. The van der Waals surface area contributed by atoms with E-state index in [1.165, 1.54) is 25.7 Å². The molecule has 1 amide bonds. The number of anilines is 1. The highest BCUT2D eigenvalue weighted by molar-refractivity contribution is 5.80. The Labute approximate surface area is 132 Å². The molecule has 0 aromatic carbocycles. The smallest absolute Gasteiger partial charge is 0.235 e. The second-order valence-electron chi connectivity index (χ2n) is 6.29. The molecule has 0 radical (unpaired) electrons. The Morgan fingerprint density at radius 3 is 2.77 bits per heavy atom. The summed E-state index contributed by atoms with van der Waals surface area (Å²) in [4.78, 5) is 20.9. The Morgan fingerprint density at radius 1 is 1.27 bits per heavy atom. The van der Waals surface area contributed by atoms with E-state index in [0.717, 1.165) is 37.4 Å². The summed E-state index contributed by atoms with van der Waals surface area (Å²) in [5, 5.41) is 3.07. The number of pyridine rings is 1. The summed E-state index contributed by atoms with van der Waals surface area (Å²) >= 11 is 0. The molecule has 1 unspecified atom stereocenters. The van der Waals surface area contributed by atoms with E-state index in [0.29, 0.717) is 6.54 Å². The predicted octanol–water partition coefficient (Wildman–Crippen LogP) is 2.30. The highest BCUT2D eigenvalue weighted by Gasteiger charge is 2.30. The number of hydrogen-bond donors (Lipinski definition) is 1. The molecule has 0 saturated carbocycles. The zero-order chi connectivity index (χ0) is 15.4. The number of unbranched alkanes of at least 4 members (excludes halogenated alkanes) is 2. The summed E-state index contributed by atoms with van der Waals surface area (Å²) < 4.78 is 0. The van der Waals surface area contributed by atoms with Crippen LogP contribution in [0.5, 0.6) is 0 Å². The number of rotatable bonds is 6. The first-order chi connectivity index (χ1) is 10.8. The van der Waals surface area contributed by atoms with E-state index in [2.05, 4.69) is 39.2 Å². The Kier molecular flexibility index (Phi) is 4.93. The van der Waals surface area contributed by atoms with Crippen molar-refractivity contribution in [3.8, 4) is 0 Å². The molecule has 5 nitrogen and oxygen atoms in total. The molecule has 2 aliphatic rings. The number of aromatic nitrogens is 1. The van der Waals surface area contributed by atoms with E-state index in [1.54, 1.807) is 0 Å². The fourth-order valence-electron chi connectivity index (χ4n) is 3.32. The number of carbonyl (C=O) groups is 1. The summed E-state index contributed by atoms with van der Waals surface area (Å²) in [7, 11) is 0. The number of nitrogens with one attached hydrogen (secondary N) is 1. The van der Waals surface area contributed by atoms with Gasteiger partial charge in [0.15, 0.2) is 0 Å². The van der Waals surface area contributed by atoms with Crippen molar-refractivity contribution in [2.24, 2.45) is 0 Å². The molecule has 1 atom stereocenters. The first-order valence-corrected chi connectivity index (χ1v) is 8.52. The van der Waals surface area contributed by atoms with Crippen LogP contribution >= 0.6 is 0 Å². The van der Waals surface area contributed by atoms with Crippen molar-refractivity contribution in [3.05, 3.63) is 23.9 Å². The van der Waals surface area contributed by atoms with Crippen molar-refractivity contribution >= 4 is 11.7 Å². The average Bonchev–Trinajstić information content (AvgIpc) is 3.18. The largest absolute Gasteiger partial charge is 0.357 e. The summed E-state index contributed by atoms with van der Waals surface area (Å²) in [5.41, 5.74) is 1.09. The highest BCUT2D eigenvalue weighted by atomic mass is 16.2. The molecule has 22 heavy (non-hydrogen) atoms. The maximum Gasteiger partial charge on any atom is 0.235 e. The van der Waals surface area contributed by atoms with Gasteiger partial charge in [0.05, 0.1) is 6.54 Å².